The summed E-state index contributed by atoms with van der Waals surface area (Å²) in [6.07, 6.45) is 11.9. The molecule has 0 aliphatic heterocycles. The normalized spacial score (nSPS) is 18.6. The Labute approximate surface area is 224 Å². The molecule has 8 N–H and O–H groups in total. The molecule has 2 aliphatic rings. The summed E-state index contributed by atoms with van der Waals surface area (Å²) in [6, 6.07) is 15.0. The van der Waals surface area contributed by atoms with Crippen LogP contribution in [0.15, 0.2) is 96.1 Å². The number of allylic oxidation sites excluding steroid dienone is 5. The van der Waals surface area contributed by atoms with E-state index in [-0.39, 0.29) is 32.5 Å². The van der Waals surface area contributed by atoms with Crippen LogP contribution in [0.3, 0.4) is 0 Å². The van der Waals surface area contributed by atoms with Gasteiger partial charge < -0.3 is 41.9 Å². The first kappa shape index (κ1) is 27.2. The van der Waals surface area contributed by atoms with Gasteiger partial charge in [-0.05, 0) is 49.6 Å². The van der Waals surface area contributed by atoms with Crippen molar-refractivity contribution in [2.45, 2.75) is 32.0 Å². The summed E-state index contributed by atoms with van der Waals surface area (Å²) in [5.74, 6) is 1.24. The Bertz CT molecular complexity index is 1210. The predicted octanol–water partition coefficient (Wildman–Crippen LogP) is 4.16. The molecule has 2 aromatic carbocycles. The molecule has 0 bridgehead atoms. The van der Waals surface area contributed by atoms with Crippen molar-refractivity contribution in [2.75, 3.05) is 37.9 Å². The van der Waals surface area contributed by atoms with Crippen LogP contribution in [0, 0.1) is 5.41 Å². The average Bonchev–Trinajstić information content (AvgIpc) is 2.92. The lowest BCUT2D eigenvalue weighted by molar-refractivity contribution is -0.0915. The molecule has 0 radical (unpaired) electrons. The van der Waals surface area contributed by atoms with Crippen LogP contribution in [0.1, 0.15) is 24.8 Å². The number of anilines is 2. The highest BCUT2D eigenvalue weighted by Gasteiger charge is 2.36. The van der Waals surface area contributed by atoms with E-state index in [1.165, 1.54) is 0 Å². The Kier molecular flexibility index (Phi) is 9.35. The minimum absolute atomic E-state index is 0.231. The van der Waals surface area contributed by atoms with Crippen molar-refractivity contribution in [3.63, 3.8) is 0 Å². The smallest absolute Gasteiger partial charge is 0.142 e. The first-order valence-electron chi connectivity index (χ1n) is 12.9. The van der Waals surface area contributed by atoms with Gasteiger partial charge in [0.25, 0.3) is 0 Å². The van der Waals surface area contributed by atoms with E-state index in [9.17, 15) is 0 Å². The molecule has 2 aromatic rings. The molecule has 0 saturated carbocycles. The molecule has 38 heavy (non-hydrogen) atoms. The summed E-state index contributed by atoms with van der Waals surface area (Å²) < 4.78 is 25.1. The van der Waals surface area contributed by atoms with Crippen molar-refractivity contribution in [1.82, 2.24) is 0 Å². The standard InChI is InChI=1S/C30H38N4O4/c31-23-10-2-1-9-22(23)17-35-18-30(19-36-27-14-6-3-11-24(27)32,20-37-28-15-7-4-12-25(28)33)21-38-29-16-8-5-13-26(29)34/h1-4,6-12,14,16,28H,5,13,15,17-21,31-34H2. The minimum atomic E-state index is -0.716. The molecule has 0 spiro atoms. The fourth-order valence-corrected chi connectivity index (χ4v) is 4.23. The predicted molar refractivity (Wildman–Crippen MR) is 151 cm³/mol. The average molecular weight is 519 g/mol. The van der Waals surface area contributed by atoms with Crippen molar-refractivity contribution in [3.8, 4) is 5.75 Å². The summed E-state index contributed by atoms with van der Waals surface area (Å²) in [4.78, 5) is 0. The zero-order valence-corrected chi connectivity index (χ0v) is 21.7. The highest BCUT2D eigenvalue weighted by Crippen LogP contribution is 2.29. The Morgan fingerprint density at radius 3 is 2.34 bits per heavy atom. The van der Waals surface area contributed by atoms with E-state index >= 15 is 0 Å². The summed E-state index contributed by atoms with van der Waals surface area (Å²) >= 11 is 0. The summed E-state index contributed by atoms with van der Waals surface area (Å²) in [6.45, 7) is 1.36. The van der Waals surface area contributed by atoms with Gasteiger partial charge in [-0.25, -0.2) is 0 Å². The van der Waals surface area contributed by atoms with E-state index in [1.807, 2.05) is 66.8 Å². The fourth-order valence-electron chi connectivity index (χ4n) is 4.23. The summed E-state index contributed by atoms with van der Waals surface area (Å²) in [7, 11) is 0. The molecule has 0 saturated heterocycles. The third-order valence-electron chi connectivity index (χ3n) is 6.61. The lowest BCUT2D eigenvalue weighted by atomic mass is 9.91. The third kappa shape index (κ3) is 7.34. The topological polar surface area (TPSA) is 141 Å². The van der Waals surface area contributed by atoms with Gasteiger partial charge in [0.15, 0.2) is 0 Å². The van der Waals surface area contributed by atoms with Gasteiger partial charge in [0.1, 0.15) is 30.8 Å². The van der Waals surface area contributed by atoms with Gasteiger partial charge in [0.05, 0.1) is 36.6 Å². The SMILES string of the molecule is NC1=CC=CCC1OCC(COCc1ccccc1N)(COC1=C(N)CCC=C1)COc1ccccc1N. The molecule has 8 heteroatoms. The number of rotatable bonds is 13. The van der Waals surface area contributed by atoms with Crippen LogP contribution in [0.4, 0.5) is 11.4 Å². The number of hydrogen-bond donors (Lipinski definition) is 4. The maximum absolute atomic E-state index is 6.37. The number of para-hydroxylation sites is 3. The van der Waals surface area contributed by atoms with Crippen LogP contribution in [0.25, 0.3) is 0 Å². The Hall–Kier alpha value is -3.88. The van der Waals surface area contributed by atoms with E-state index in [2.05, 4.69) is 6.08 Å². The maximum Gasteiger partial charge on any atom is 0.142 e. The number of hydrogen-bond acceptors (Lipinski definition) is 8. The van der Waals surface area contributed by atoms with Crippen molar-refractivity contribution < 1.29 is 18.9 Å². The van der Waals surface area contributed by atoms with E-state index in [4.69, 9.17) is 41.9 Å². The zero-order valence-electron chi connectivity index (χ0n) is 21.7. The van der Waals surface area contributed by atoms with Crippen molar-refractivity contribution >= 4 is 11.4 Å². The van der Waals surface area contributed by atoms with Crippen LogP contribution in [-0.2, 0) is 20.8 Å². The summed E-state index contributed by atoms with van der Waals surface area (Å²) in [5.41, 5.74) is 27.6. The number of nitrogens with two attached hydrogens (primary N) is 4. The van der Waals surface area contributed by atoms with Crippen molar-refractivity contribution in [1.29, 1.82) is 0 Å². The Balaban J connectivity index is 1.56. The van der Waals surface area contributed by atoms with E-state index in [0.717, 1.165) is 24.1 Å². The number of nitrogen functional groups attached to an aromatic ring is 2. The first-order chi connectivity index (χ1) is 18.5. The van der Waals surface area contributed by atoms with Gasteiger partial charge in [-0.1, -0.05) is 48.6 Å². The highest BCUT2D eigenvalue weighted by molar-refractivity contribution is 5.51. The molecule has 2 atom stereocenters. The summed E-state index contributed by atoms with van der Waals surface area (Å²) in [5, 5.41) is 0. The van der Waals surface area contributed by atoms with Crippen molar-refractivity contribution in [2.24, 2.45) is 16.9 Å². The largest absolute Gasteiger partial charge is 0.491 e. The van der Waals surface area contributed by atoms with Crippen LogP contribution in [0.5, 0.6) is 5.75 Å². The number of ether oxygens (including phenoxy) is 4. The molecule has 0 fully saturated rings. The molecule has 0 amide bonds. The van der Waals surface area contributed by atoms with Gasteiger partial charge in [-0.3, -0.25) is 0 Å². The van der Waals surface area contributed by atoms with Gasteiger partial charge in [-0.2, -0.15) is 0 Å². The molecule has 8 nitrogen and oxygen atoms in total. The third-order valence-corrected chi connectivity index (χ3v) is 6.61. The van der Waals surface area contributed by atoms with Crippen LogP contribution in [0.2, 0.25) is 0 Å². The van der Waals surface area contributed by atoms with Gasteiger partial charge in [-0.15, -0.1) is 0 Å². The number of benzene rings is 2. The molecule has 0 heterocycles. The molecule has 202 valence electrons. The molecular weight excluding hydrogens is 480 g/mol. The lowest BCUT2D eigenvalue weighted by Gasteiger charge is -2.35. The minimum Gasteiger partial charge on any atom is -0.491 e. The molecular formula is C30H38N4O4. The second-order valence-corrected chi connectivity index (χ2v) is 9.77. The fraction of sp³-hybridized carbons (Fsp3) is 0.333. The second kappa shape index (κ2) is 13.1. The first-order valence-corrected chi connectivity index (χ1v) is 12.9. The Morgan fingerprint density at radius 2 is 1.58 bits per heavy atom. The lowest BCUT2D eigenvalue weighted by Crippen LogP contribution is -2.44. The quantitative estimate of drug-likeness (QED) is 0.290. The van der Waals surface area contributed by atoms with Gasteiger partial charge in [0, 0.05) is 16.9 Å². The van der Waals surface area contributed by atoms with Crippen molar-refractivity contribution in [3.05, 3.63) is 102 Å². The van der Waals surface area contributed by atoms with Crippen LogP contribution >= 0.6 is 0 Å². The molecule has 4 rings (SSSR count). The second-order valence-electron chi connectivity index (χ2n) is 9.77. The zero-order chi connectivity index (χ0) is 26.8. The van der Waals surface area contributed by atoms with Crippen LogP contribution in [-0.4, -0.2) is 32.5 Å². The van der Waals surface area contributed by atoms with E-state index in [0.29, 0.717) is 41.6 Å². The van der Waals surface area contributed by atoms with Gasteiger partial charge in [0.2, 0.25) is 0 Å². The molecule has 2 aliphatic carbocycles. The van der Waals surface area contributed by atoms with E-state index < -0.39 is 5.41 Å². The monoisotopic (exact) mass is 518 g/mol. The molecule has 0 aromatic heterocycles. The van der Waals surface area contributed by atoms with E-state index in [1.54, 1.807) is 6.07 Å². The Morgan fingerprint density at radius 1 is 0.816 bits per heavy atom. The highest BCUT2D eigenvalue weighted by atomic mass is 16.5. The van der Waals surface area contributed by atoms with Gasteiger partial charge >= 0.3 is 0 Å². The molecule has 2 unspecified atom stereocenters. The maximum atomic E-state index is 6.37. The van der Waals surface area contributed by atoms with Crippen LogP contribution < -0.4 is 27.7 Å².